The van der Waals surface area contributed by atoms with E-state index in [1.165, 1.54) is 37.3 Å². The first-order chi connectivity index (χ1) is 9.92. The van der Waals surface area contributed by atoms with Crippen molar-refractivity contribution in [1.82, 2.24) is 20.4 Å². The molecule has 1 fully saturated rings. The number of nitrogens with zero attached hydrogens (tertiary/aromatic N) is 3. The molecule has 0 bridgehead atoms. The molecule has 2 rings (SSSR count). The highest BCUT2D eigenvalue weighted by Gasteiger charge is 2.16. The van der Waals surface area contributed by atoms with Crippen molar-refractivity contribution in [1.29, 1.82) is 0 Å². The molecular weight excluding hydrogens is 306 g/mol. The van der Waals surface area contributed by atoms with Crippen LogP contribution in [-0.2, 0) is 0 Å². The summed E-state index contributed by atoms with van der Waals surface area (Å²) in [5.41, 5.74) is -0.262. The van der Waals surface area contributed by atoms with Gasteiger partial charge in [-0.2, -0.15) is 0 Å². The molecule has 0 aromatic carbocycles. The minimum atomic E-state index is -0.262. The number of hydrogen-bond donors (Lipinski definition) is 2. The van der Waals surface area contributed by atoms with E-state index in [-0.39, 0.29) is 11.6 Å². The zero-order valence-electron chi connectivity index (χ0n) is 12.8. The smallest absolute Gasteiger partial charge is 0.321 e. The molecule has 0 radical (unpaired) electrons. The Bertz CT molecular complexity index is 465. The van der Waals surface area contributed by atoms with Crippen LogP contribution in [0.2, 0.25) is 0 Å². The Hall–Kier alpha value is -0.860. The highest BCUT2D eigenvalue weighted by Crippen LogP contribution is 2.25. The van der Waals surface area contributed by atoms with Crippen molar-refractivity contribution in [3.8, 4) is 0 Å². The third kappa shape index (κ3) is 6.19. The molecule has 1 aliphatic rings. The maximum absolute atomic E-state index is 11.7. The van der Waals surface area contributed by atoms with Gasteiger partial charge in [-0.3, -0.25) is 5.32 Å². The highest BCUT2D eigenvalue weighted by molar-refractivity contribution is 8.01. The zero-order chi connectivity index (χ0) is 15.3. The monoisotopic (exact) mass is 329 g/mol. The fourth-order valence-corrected chi connectivity index (χ4v) is 3.87. The predicted octanol–water partition coefficient (Wildman–Crippen LogP) is 2.65. The van der Waals surface area contributed by atoms with Crippen LogP contribution in [0.15, 0.2) is 4.34 Å². The summed E-state index contributed by atoms with van der Waals surface area (Å²) in [5, 5.41) is 14.2. The first-order valence-electron chi connectivity index (χ1n) is 7.20. The Morgan fingerprint density at radius 3 is 2.71 bits per heavy atom. The van der Waals surface area contributed by atoms with Crippen molar-refractivity contribution in [2.45, 2.75) is 43.5 Å². The summed E-state index contributed by atoms with van der Waals surface area (Å²) in [4.78, 5) is 14.2. The van der Waals surface area contributed by atoms with E-state index in [0.29, 0.717) is 5.13 Å². The van der Waals surface area contributed by atoms with E-state index >= 15 is 0 Å². The minimum absolute atomic E-state index is 0.243. The van der Waals surface area contributed by atoms with Crippen molar-refractivity contribution < 1.29 is 4.79 Å². The van der Waals surface area contributed by atoms with Gasteiger partial charge >= 0.3 is 6.03 Å². The van der Waals surface area contributed by atoms with E-state index in [9.17, 15) is 4.79 Å². The molecule has 0 aliphatic carbocycles. The lowest BCUT2D eigenvalue weighted by Crippen LogP contribution is -2.43. The van der Waals surface area contributed by atoms with E-state index in [1.807, 2.05) is 20.8 Å². The maximum atomic E-state index is 11.7. The van der Waals surface area contributed by atoms with Crippen LogP contribution in [-0.4, -0.2) is 52.1 Å². The molecule has 2 N–H and O–H groups in total. The van der Waals surface area contributed by atoms with E-state index in [4.69, 9.17) is 0 Å². The lowest BCUT2D eigenvalue weighted by molar-refractivity contribution is 0.244. The number of rotatable bonds is 5. The van der Waals surface area contributed by atoms with Crippen LogP contribution in [0.1, 0.15) is 33.6 Å². The number of carbonyl (C=O) groups is 1. The average molecular weight is 329 g/mol. The number of aromatic nitrogens is 2. The number of amides is 2. The molecule has 6 nitrogen and oxygen atoms in total. The molecule has 1 saturated heterocycles. The Morgan fingerprint density at radius 2 is 2.05 bits per heavy atom. The van der Waals surface area contributed by atoms with Crippen LogP contribution < -0.4 is 10.6 Å². The topological polar surface area (TPSA) is 70.1 Å². The van der Waals surface area contributed by atoms with Gasteiger partial charge < -0.3 is 10.2 Å². The molecule has 1 aromatic heterocycles. The molecule has 8 heteroatoms. The van der Waals surface area contributed by atoms with Gasteiger partial charge in [0.25, 0.3) is 0 Å². The summed E-state index contributed by atoms with van der Waals surface area (Å²) in [5.74, 6) is 1.02. The number of carbonyl (C=O) groups excluding carboxylic acids is 1. The number of urea groups is 1. The molecule has 2 heterocycles. The van der Waals surface area contributed by atoms with Gasteiger partial charge in [-0.1, -0.05) is 23.1 Å². The van der Waals surface area contributed by atoms with Crippen LogP contribution in [0.4, 0.5) is 9.93 Å². The standard InChI is InChI=1S/C13H23N5OS2/c1-13(2,3)15-10(19)14-11-16-17-12(21-11)20-9-8-18-6-4-5-7-18/h4-9H2,1-3H3,(H2,14,15,16,19). The maximum Gasteiger partial charge on any atom is 0.321 e. The summed E-state index contributed by atoms with van der Waals surface area (Å²) < 4.78 is 0.903. The van der Waals surface area contributed by atoms with Gasteiger partial charge in [0.2, 0.25) is 5.13 Å². The fourth-order valence-electron chi connectivity index (χ4n) is 2.06. The Morgan fingerprint density at radius 1 is 1.33 bits per heavy atom. The zero-order valence-corrected chi connectivity index (χ0v) is 14.4. The summed E-state index contributed by atoms with van der Waals surface area (Å²) in [6.45, 7) is 9.34. The molecule has 21 heavy (non-hydrogen) atoms. The highest BCUT2D eigenvalue weighted by atomic mass is 32.2. The van der Waals surface area contributed by atoms with E-state index in [2.05, 4.69) is 25.7 Å². The number of hydrogen-bond acceptors (Lipinski definition) is 6. The Balaban J connectivity index is 1.71. The van der Waals surface area contributed by atoms with Gasteiger partial charge in [0.15, 0.2) is 4.34 Å². The number of nitrogens with one attached hydrogen (secondary N) is 2. The molecule has 0 atom stereocenters. The lowest BCUT2D eigenvalue weighted by atomic mass is 10.1. The van der Waals surface area contributed by atoms with Crippen LogP contribution >= 0.6 is 23.1 Å². The third-order valence-corrected chi connectivity index (χ3v) is 4.90. The second kappa shape index (κ2) is 7.42. The predicted molar refractivity (Wildman–Crippen MR) is 88.2 cm³/mol. The minimum Gasteiger partial charge on any atom is -0.333 e. The molecule has 0 saturated carbocycles. The summed E-state index contributed by atoms with van der Waals surface area (Å²) in [7, 11) is 0. The van der Waals surface area contributed by atoms with E-state index in [0.717, 1.165) is 16.6 Å². The van der Waals surface area contributed by atoms with Crippen molar-refractivity contribution in [3.05, 3.63) is 0 Å². The van der Waals surface area contributed by atoms with Gasteiger partial charge in [-0.25, -0.2) is 4.79 Å². The second-order valence-electron chi connectivity index (χ2n) is 6.10. The van der Waals surface area contributed by atoms with Gasteiger partial charge in [0.05, 0.1) is 0 Å². The molecule has 0 spiro atoms. The number of thioether (sulfide) groups is 1. The normalized spacial score (nSPS) is 16.1. The molecule has 2 amide bonds. The molecule has 0 unspecified atom stereocenters. The fraction of sp³-hybridized carbons (Fsp3) is 0.769. The Kier molecular flexibility index (Phi) is 5.83. The van der Waals surface area contributed by atoms with Gasteiger partial charge in [-0.05, 0) is 46.7 Å². The quantitative estimate of drug-likeness (QED) is 0.642. The first-order valence-corrected chi connectivity index (χ1v) is 9.00. The number of likely N-dealkylation sites (tertiary alicyclic amines) is 1. The van der Waals surface area contributed by atoms with Crippen LogP contribution in [0.5, 0.6) is 0 Å². The van der Waals surface area contributed by atoms with E-state index < -0.39 is 0 Å². The van der Waals surface area contributed by atoms with Crippen molar-refractivity contribution in [3.63, 3.8) is 0 Å². The molecule has 1 aromatic rings. The summed E-state index contributed by atoms with van der Waals surface area (Å²) in [6.07, 6.45) is 2.64. The Labute approximate surface area is 134 Å². The second-order valence-corrected chi connectivity index (χ2v) is 8.42. The van der Waals surface area contributed by atoms with Crippen molar-refractivity contribution >= 4 is 34.3 Å². The summed E-state index contributed by atoms with van der Waals surface area (Å²) in [6, 6.07) is -0.243. The average Bonchev–Trinajstić information content (AvgIpc) is 2.98. The SMILES string of the molecule is CC(C)(C)NC(=O)Nc1nnc(SCCN2CCCC2)s1. The van der Waals surface area contributed by atoms with Crippen LogP contribution in [0.3, 0.4) is 0 Å². The van der Waals surface area contributed by atoms with Gasteiger partial charge in [0, 0.05) is 17.8 Å². The molecule has 118 valence electrons. The first kappa shape index (κ1) is 16.5. The van der Waals surface area contributed by atoms with Crippen LogP contribution in [0.25, 0.3) is 0 Å². The van der Waals surface area contributed by atoms with E-state index in [1.54, 1.807) is 11.8 Å². The van der Waals surface area contributed by atoms with Crippen molar-refractivity contribution in [2.24, 2.45) is 0 Å². The van der Waals surface area contributed by atoms with Gasteiger partial charge in [-0.15, -0.1) is 10.2 Å². The number of anilines is 1. The molecule has 1 aliphatic heterocycles. The summed E-state index contributed by atoms with van der Waals surface area (Å²) >= 11 is 3.12. The lowest BCUT2D eigenvalue weighted by Gasteiger charge is -2.19. The molecular formula is C13H23N5OS2. The third-order valence-electron chi connectivity index (χ3n) is 2.95. The van der Waals surface area contributed by atoms with Crippen LogP contribution in [0, 0.1) is 0 Å². The van der Waals surface area contributed by atoms with Gasteiger partial charge in [0.1, 0.15) is 0 Å². The van der Waals surface area contributed by atoms with Crippen molar-refractivity contribution in [2.75, 3.05) is 30.7 Å². The largest absolute Gasteiger partial charge is 0.333 e.